The average molecular weight is 222 g/mol. The van der Waals surface area contributed by atoms with E-state index >= 15 is 0 Å². The SMILES string of the molecule is N#CCCN(CC1CC1)C[C@@H]1CCCCO1. The highest BCUT2D eigenvalue weighted by Gasteiger charge is 2.26. The standard InChI is InChI=1S/C13H22N2O/c14-7-3-8-15(10-12-5-6-12)11-13-4-1-2-9-16-13/h12-13H,1-6,8-11H2/t13-/m0/s1. The van der Waals surface area contributed by atoms with Gasteiger partial charge < -0.3 is 4.74 Å². The van der Waals surface area contributed by atoms with Gasteiger partial charge in [-0.05, 0) is 38.0 Å². The van der Waals surface area contributed by atoms with Gasteiger partial charge >= 0.3 is 0 Å². The van der Waals surface area contributed by atoms with Crippen LogP contribution < -0.4 is 0 Å². The molecule has 1 atom stereocenters. The van der Waals surface area contributed by atoms with E-state index < -0.39 is 0 Å². The molecule has 0 aromatic carbocycles. The molecule has 0 bridgehead atoms. The Morgan fingerprint density at radius 1 is 1.19 bits per heavy atom. The number of hydrogen-bond acceptors (Lipinski definition) is 3. The maximum Gasteiger partial charge on any atom is 0.0702 e. The van der Waals surface area contributed by atoms with Crippen LogP contribution in [0.1, 0.15) is 38.5 Å². The molecule has 2 rings (SSSR count). The van der Waals surface area contributed by atoms with Crippen LogP contribution in [0.5, 0.6) is 0 Å². The summed E-state index contributed by atoms with van der Waals surface area (Å²) in [4.78, 5) is 2.44. The minimum Gasteiger partial charge on any atom is -0.377 e. The lowest BCUT2D eigenvalue weighted by atomic mass is 10.1. The molecule has 0 aromatic heterocycles. The zero-order valence-electron chi connectivity index (χ0n) is 10.0. The molecule has 0 N–H and O–H groups in total. The summed E-state index contributed by atoms with van der Waals surface area (Å²) < 4.78 is 5.77. The highest BCUT2D eigenvalue weighted by atomic mass is 16.5. The van der Waals surface area contributed by atoms with Crippen LogP contribution in [0, 0.1) is 17.2 Å². The Morgan fingerprint density at radius 3 is 2.69 bits per heavy atom. The molecule has 1 heterocycles. The van der Waals surface area contributed by atoms with Gasteiger partial charge in [0.25, 0.3) is 0 Å². The third-order valence-corrected chi connectivity index (χ3v) is 3.49. The first-order chi connectivity index (χ1) is 7.88. The molecule has 1 saturated heterocycles. The molecule has 1 aliphatic heterocycles. The van der Waals surface area contributed by atoms with E-state index in [2.05, 4.69) is 11.0 Å². The Bertz CT molecular complexity index is 239. The van der Waals surface area contributed by atoms with E-state index in [0.29, 0.717) is 12.5 Å². The molecule has 3 nitrogen and oxygen atoms in total. The molecule has 3 heteroatoms. The van der Waals surface area contributed by atoms with Crippen molar-refractivity contribution >= 4 is 0 Å². The van der Waals surface area contributed by atoms with Gasteiger partial charge in [0.05, 0.1) is 12.2 Å². The smallest absolute Gasteiger partial charge is 0.0702 e. The highest BCUT2D eigenvalue weighted by Crippen LogP contribution is 2.30. The van der Waals surface area contributed by atoms with Crippen molar-refractivity contribution in [3.63, 3.8) is 0 Å². The predicted octanol–water partition coefficient (Wildman–Crippen LogP) is 2.18. The number of ether oxygens (including phenoxy) is 1. The van der Waals surface area contributed by atoms with Gasteiger partial charge in [-0.25, -0.2) is 0 Å². The van der Waals surface area contributed by atoms with E-state index in [1.807, 2.05) is 0 Å². The molecule has 0 aromatic rings. The van der Waals surface area contributed by atoms with Crippen LogP contribution in [-0.4, -0.2) is 37.2 Å². The van der Waals surface area contributed by atoms with Crippen molar-refractivity contribution in [2.75, 3.05) is 26.2 Å². The van der Waals surface area contributed by atoms with Crippen LogP contribution in [0.15, 0.2) is 0 Å². The minimum atomic E-state index is 0.422. The van der Waals surface area contributed by atoms with Crippen molar-refractivity contribution in [2.45, 2.75) is 44.6 Å². The molecule has 0 radical (unpaired) electrons. The molecule has 0 unspecified atom stereocenters. The largest absolute Gasteiger partial charge is 0.377 e. The van der Waals surface area contributed by atoms with Crippen molar-refractivity contribution in [3.8, 4) is 6.07 Å². The van der Waals surface area contributed by atoms with Crippen LogP contribution in [0.2, 0.25) is 0 Å². The molecule has 0 spiro atoms. The van der Waals surface area contributed by atoms with Crippen LogP contribution in [0.4, 0.5) is 0 Å². The van der Waals surface area contributed by atoms with Gasteiger partial charge in [-0.2, -0.15) is 5.26 Å². The van der Waals surface area contributed by atoms with E-state index in [0.717, 1.165) is 25.6 Å². The molecular weight excluding hydrogens is 200 g/mol. The van der Waals surface area contributed by atoms with Crippen LogP contribution in [0.25, 0.3) is 0 Å². The molecule has 2 fully saturated rings. The molecular formula is C13H22N2O. The topological polar surface area (TPSA) is 36.3 Å². The fourth-order valence-electron chi connectivity index (χ4n) is 2.37. The number of rotatable bonds is 6. The van der Waals surface area contributed by atoms with E-state index in [-0.39, 0.29) is 0 Å². The predicted molar refractivity (Wildman–Crippen MR) is 63.0 cm³/mol. The van der Waals surface area contributed by atoms with E-state index in [9.17, 15) is 0 Å². The average Bonchev–Trinajstić information content (AvgIpc) is 3.11. The maximum atomic E-state index is 8.66. The summed E-state index contributed by atoms with van der Waals surface area (Å²) in [7, 11) is 0. The van der Waals surface area contributed by atoms with E-state index in [1.165, 1.54) is 38.6 Å². The molecule has 90 valence electrons. The molecule has 1 saturated carbocycles. The Morgan fingerprint density at radius 2 is 2.06 bits per heavy atom. The zero-order valence-corrected chi connectivity index (χ0v) is 10.0. The number of nitriles is 1. The summed E-state index contributed by atoms with van der Waals surface area (Å²) in [6.45, 7) is 4.08. The minimum absolute atomic E-state index is 0.422. The van der Waals surface area contributed by atoms with Gasteiger partial charge in [-0.3, -0.25) is 4.90 Å². The van der Waals surface area contributed by atoms with Gasteiger partial charge in [0, 0.05) is 32.7 Å². The Balaban J connectivity index is 1.72. The summed E-state index contributed by atoms with van der Waals surface area (Å²) in [5, 5.41) is 8.66. The van der Waals surface area contributed by atoms with Gasteiger partial charge in [-0.1, -0.05) is 0 Å². The first-order valence-corrected chi connectivity index (χ1v) is 6.59. The molecule has 16 heavy (non-hydrogen) atoms. The summed E-state index contributed by atoms with van der Waals surface area (Å²) >= 11 is 0. The van der Waals surface area contributed by atoms with Gasteiger partial charge in [0.15, 0.2) is 0 Å². The van der Waals surface area contributed by atoms with Crippen molar-refractivity contribution in [1.29, 1.82) is 5.26 Å². The third kappa shape index (κ3) is 4.11. The second-order valence-corrected chi connectivity index (χ2v) is 5.10. The number of nitrogens with zero attached hydrogens (tertiary/aromatic N) is 2. The monoisotopic (exact) mass is 222 g/mol. The van der Waals surface area contributed by atoms with Crippen molar-refractivity contribution < 1.29 is 4.74 Å². The third-order valence-electron chi connectivity index (χ3n) is 3.49. The van der Waals surface area contributed by atoms with E-state index in [4.69, 9.17) is 10.00 Å². The maximum absolute atomic E-state index is 8.66. The Labute approximate surface area is 98.4 Å². The lowest BCUT2D eigenvalue weighted by molar-refractivity contribution is -0.00608. The Hall–Kier alpha value is -0.590. The zero-order chi connectivity index (χ0) is 11.2. The van der Waals surface area contributed by atoms with Crippen molar-refractivity contribution in [1.82, 2.24) is 4.90 Å². The normalized spacial score (nSPS) is 25.6. The van der Waals surface area contributed by atoms with Gasteiger partial charge in [0.1, 0.15) is 0 Å². The summed E-state index contributed by atoms with van der Waals surface area (Å²) in [6.07, 6.45) is 7.57. The van der Waals surface area contributed by atoms with Crippen LogP contribution in [-0.2, 0) is 4.74 Å². The quantitative estimate of drug-likeness (QED) is 0.691. The first kappa shape index (κ1) is 11.9. The summed E-state index contributed by atoms with van der Waals surface area (Å²) in [5.41, 5.74) is 0. The van der Waals surface area contributed by atoms with E-state index in [1.54, 1.807) is 0 Å². The van der Waals surface area contributed by atoms with Crippen molar-refractivity contribution in [3.05, 3.63) is 0 Å². The number of hydrogen-bond donors (Lipinski definition) is 0. The van der Waals surface area contributed by atoms with Crippen LogP contribution in [0.3, 0.4) is 0 Å². The molecule has 2 aliphatic rings. The lowest BCUT2D eigenvalue weighted by Crippen LogP contribution is -2.37. The highest BCUT2D eigenvalue weighted by molar-refractivity contribution is 4.81. The first-order valence-electron chi connectivity index (χ1n) is 6.59. The van der Waals surface area contributed by atoms with Gasteiger partial charge in [0.2, 0.25) is 0 Å². The van der Waals surface area contributed by atoms with Crippen LogP contribution >= 0.6 is 0 Å². The summed E-state index contributed by atoms with van der Waals surface area (Å²) in [5.74, 6) is 0.905. The molecule has 1 aliphatic carbocycles. The van der Waals surface area contributed by atoms with Crippen molar-refractivity contribution in [2.24, 2.45) is 5.92 Å². The fourth-order valence-corrected chi connectivity index (χ4v) is 2.37. The second kappa shape index (κ2) is 6.22. The fraction of sp³-hybridized carbons (Fsp3) is 0.923. The lowest BCUT2D eigenvalue weighted by Gasteiger charge is -2.29. The summed E-state index contributed by atoms with van der Waals surface area (Å²) in [6, 6.07) is 2.25. The Kier molecular flexibility index (Phi) is 4.62. The molecule has 0 amide bonds. The van der Waals surface area contributed by atoms with Gasteiger partial charge in [-0.15, -0.1) is 0 Å². The second-order valence-electron chi connectivity index (χ2n) is 5.10.